The number of benzene rings is 1. The lowest BCUT2D eigenvalue weighted by molar-refractivity contribution is -0.390. The normalized spacial score (nSPS) is 10.2. The summed E-state index contributed by atoms with van der Waals surface area (Å²) in [6.07, 6.45) is 1.45. The van der Waals surface area contributed by atoms with Crippen molar-refractivity contribution in [3.8, 4) is 6.07 Å². The van der Waals surface area contributed by atoms with Crippen molar-refractivity contribution in [3.05, 3.63) is 55.9 Å². The summed E-state index contributed by atoms with van der Waals surface area (Å²) >= 11 is 3.03. The van der Waals surface area contributed by atoms with Crippen LogP contribution >= 0.6 is 15.9 Å². The van der Waals surface area contributed by atoms with Crippen LogP contribution in [0.2, 0.25) is 0 Å². The van der Waals surface area contributed by atoms with E-state index in [1.54, 1.807) is 6.07 Å². The van der Waals surface area contributed by atoms with Gasteiger partial charge in [0.05, 0.1) is 23.4 Å². The van der Waals surface area contributed by atoms with Crippen LogP contribution in [0, 0.1) is 27.3 Å². The van der Waals surface area contributed by atoms with E-state index < -0.39 is 10.7 Å². The Morgan fingerprint density at radius 1 is 1.58 bits per heavy atom. The summed E-state index contributed by atoms with van der Waals surface area (Å²) in [7, 11) is 0. The third-order valence-corrected chi connectivity index (χ3v) is 2.93. The van der Waals surface area contributed by atoms with E-state index in [-0.39, 0.29) is 22.4 Å². The minimum atomic E-state index is -0.605. The zero-order valence-corrected chi connectivity index (χ0v) is 11.0. The van der Waals surface area contributed by atoms with E-state index in [1.165, 1.54) is 29.1 Å². The van der Waals surface area contributed by atoms with E-state index >= 15 is 0 Å². The van der Waals surface area contributed by atoms with Gasteiger partial charge in [0.2, 0.25) is 0 Å². The molecule has 0 radical (unpaired) electrons. The van der Waals surface area contributed by atoms with Crippen LogP contribution in [0.4, 0.5) is 10.2 Å². The van der Waals surface area contributed by atoms with Crippen LogP contribution in [0.5, 0.6) is 0 Å². The van der Waals surface area contributed by atoms with E-state index in [2.05, 4.69) is 21.0 Å². The molecule has 0 unspecified atom stereocenters. The zero-order valence-electron chi connectivity index (χ0n) is 9.38. The molecule has 0 bridgehead atoms. The molecule has 0 saturated carbocycles. The van der Waals surface area contributed by atoms with Gasteiger partial charge in [0.25, 0.3) is 0 Å². The van der Waals surface area contributed by atoms with Crippen LogP contribution in [0.1, 0.15) is 11.1 Å². The first-order chi connectivity index (χ1) is 9.01. The Kier molecular flexibility index (Phi) is 3.57. The highest BCUT2D eigenvalue weighted by atomic mass is 79.9. The molecule has 1 heterocycles. The molecule has 0 spiro atoms. The number of hydrogen-bond acceptors (Lipinski definition) is 4. The van der Waals surface area contributed by atoms with Gasteiger partial charge in [-0.2, -0.15) is 9.94 Å². The van der Waals surface area contributed by atoms with Gasteiger partial charge >= 0.3 is 5.82 Å². The van der Waals surface area contributed by atoms with Crippen LogP contribution in [-0.4, -0.2) is 14.7 Å². The average Bonchev–Trinajstić information content (AvgIpc) is 2.73. The first-order valence-corrected chi connectivity index (χ1v) is 5.86. The Bertz CT molecular complexity index is 692. The van der Waals surface area contributed by atoms with Crippen molar-refractivity contribution >= 4 is 21.7 Å². The minimum Gasteiger partial charge on any atom is -0.358 e. The van der Waals surface area contributed by atoms with Crippen LogP contribution < -0.4 is 0 Å². The molecule has 0 fully saturated rings. The Morgan fingerprint density at radius 2 is 2.32 bits per heavy atom. The number of halogens is 2. The predicted molar refractivity (Wildman–Crippen MR) is 66.8 cm³/mol. The number of nitro groups is 1. The second kappa shape index (κ2) is 5.16. The van der Waals surface area contributed by atoms with Gasteiger partial charge in [-0.05, 0) is 38.5 Å². The molecule has 0 atom stereocenters. The fourth-order valence-electron chi connectivity index (χ4n) is 1.54. The molecule has 0 aliphatic rings. The molecule has 19 heavy (non-hydrogen) atoms. The number of nitrogens with zero attached hydrogens (tertiary/aromatic N) is 4. The molecule has 0 saturated heterocycles. The van der Waals surface area contributed by atoms with Gasteiger partial charge in [-0.25, -0.2) is 4.39 Å². The Morgan fingerprint density at radius 3 is 2.89 bits per heavy atom. The van der Waals surface area contributed by atoms with Crippen molar-refractivity contribution in [2.75, 3.05) is 0 Å². The molecule has 0 aliphatic heterocycles. The Balaban J connectivity index is 2.29. The van der Waals surface area contributed by atoms with Crippen molar-refractivity contribution in [2.45, 2.75) is 6.54 Å². The standard InChI is InChI=1S/C11H6BrFN4O2/c12-9-6-16(15-11(9)17(18)19)5-7-1-2-10(13)8(3-7)4-14/h1-3,6H,5H2. The van der Waals surface area contributed by atoms with E-state index in [0.29, 0.717) is 5.56 Å². The summed E-state index contributed by atoms with van der Waals surface area (Å²) in [5.41, 5.74) is 0.557. The highest BCUT2D eigenvalue weighted by Gasteiger charge is 2.18. The summed E-state index contributed by atoms with van der Waals surface area (Å²) < 4.78 is 14.7. The second-order valence-electron chi connectivity index (χ2n) is 3.68. The fraction of sp³-hybridized carbons (Fsp3) is 0.0909. The number of rotatable bonds is 3. The van der Waals surface area contributed by atoms with Gasteiger partial charge in [-0.1, -0.05) is 6.07 Å². The maximum absolute atomic E-state index is 13.1. The van der Waals surface area contributed by atoms with Gasteiger partial charge in [-0.15, -0.1) is 0 Å². The van der Waals surface area contributed by atoms with Crippen molar-refractivity contribution in [3.63, 3.8) is 0 Å². The lowest BCUT2D eigenvalue weighted by Gasteiger charge is -2.00. The van der Waals surface area contributed by atoms with Crippen LogP contribution in [0.3, 0.4) is 0 Å². The fourth-order valence-corrected chi connectivity index (χ4v) is 2.00. The topological polar surface area (TPSA) is 84.8 Å². The third kappa shape index (κ3) is 2.77. The van der Waals surface area contributed by atoms with Crippen molar-refractivity contribution < 1.29 is 9.31 Å². The molecule has 0 amide bonds. The van der Waals surface area contributed by atoms with Crippen molar-refractivity contribution in [1.29, 1.82) is 5.26 Å². The molecular formula is C11H6BrFN4O2. The monoisotopic (exact) mass is 324 g/mol. The predicted octanol–water partition coefficient (Wildman–Crippen LogP) is 2.61. The highest BCUT2D eigenvalue weighted by molar-refractivity contribution is 9.10. The molecule has 0 N–H and O–H groups in total. The number of hydrogen-bond donors (Lipinski definition) is 0. The summed E-state index contributed by atoms with van der Waals surface area (Å²) in [6.45, 7) is 0.210. The number of aromatic nitrogens is 2. The first-order valence-electron chi connectivity index (χ1n) is 5.07. The molecule has 0 aliphatic carbocycles. The van der Waals surface area contributed by atoms with Gasteiger partial charge in [-0.3, -0.25) is 0 Å². The second-order valence-corrected chi connectivity index (χ2v) is 4.54. The van der Waals surface area contributed by atoms with Crippen LogP contribution in [-0.2, 0) is 6.54 Å². The van der Waals surface area contributed by atoms with Crippen LogP contribution in [0.25, 0.3) is 0 Å². The lowest BCUT2D eigenvalue weighted by Crippen LogP contribution is -2.02. The quantitative estimate of drug-likeness (QED) is 0.641. The third-order valence-electron chi connectivity index (χ3n) is 2.37. The zero-order chi connectivity index (χ0) is 14.0. The molecule has 1 aromatic carbocycles. The Labute approximate surface area is 115 Å². The number of nitriles is 1. The molecule has 96 valence electrons. The Hall–Kier alpha value is -2.27. The van der Waals surface area contributed by atoms with E-state index in [1.807, 2.05) is 0 Å². The van der Waals surface area contributed by atoms with Gasteiger partial charge in [0.1, 0.15) is 16.4 Å². The average molecular weight is 325 g/mol. The first kappa shape index (κ1) is 13.2. The molecular weight excluding hydrogens is 319 g/mol. The van der Waals surface area contributed by atoms with E-state index in [4.69, 9.17) is 5.26 Å². The maximum atomic E-state index is 13.1. The minimum absolute atomic E-state index is 0.0711. The summed E-state index contributed by atoms with van der Waals surface area (Å²) in [5.74, 6) is -0.888. The van der Waals surface area contributed by atoms with Crippen LogP contribution in [0.15, 0.2) is 28.9 Å². The molecule has 8 heteroatoms. The van der Waals surface area contributed by atoms with E-state index in [0.717, 1.165) is 0 Å². The molecule has 6 nitrogen and oxygen atoms in total. The summed E-state index contributed by atoms with van der Waals surface area (Å²) in [4.78, 5) is 10.0. The highest BCUT2D eigenvalue weighted by Crippen LogP contribution is 2.22. The summed E-state index contributed by atoms with van der Waals surface area (Å²) in [5, 5.41) is 23.1. The molecule has 2 aromatic rings. The van der Waals surface area contributed by atoms with Crippen molar-refractivity contribution in [2.24, 2.45) is 0 Å². The summed E-state index contributed by atoms with van der Waals surface area (Å²) in [6, 6.07) is 5.80. The molecule has 1 aromatic heterocycles. The SMILES string of the molecule is N#Cc1cc(Cn2cc(Br)c([N+](=O)[O-])n2)ccc1F. The van der Waals surface area contributed by atoms with Crippen molar-refractivity contribution in [1.82, 2.24) is 9.78 Å². The van der Waals surface area contributed by atoms with E-state index in [9.17, 15) is 14.5 Å². The van der Waals surface area contributed by atoms with Gasteiger partial charge in [0.15, 0.2) is 0 Å². The van der Waals surface area contributed by atoms with Gasteiger partial charge in [0, 0.05) is 0 Å². The maximum Gasteiger partial charge on any atom is 0.404 e. The van der Waals surface area contributed by atoms with Gasteiger partial charge < -0.3 is 10.1 Å². The smallest absolute Gasteiger partial charge is 0.358 e. The largest absolute Gasteiger partial charge is 0.404 e. The lowest BCUT2D eigenvalue weighted by atomic mass is 10.1. The molecule has 2 rings (SSSR count).